The van der Waals surface area contributed by atoms with Crippen molar-refractivity contribution in [3.63, 3.8) is 0 Å². The number of aromatic nitrogens is 2. The first kappa shape index (κ1) is 21.6. The standard InChI is InChI=1S/C23H29FN7O2/c1-15-16(2)31-19-20(26(3)23(33)27(4)21(19)32)25-22(31)30(15)14-11-28-9-12-29(13-10-28)18-7-5-17(24)6-8-18/h5-8,19H,9-14H2,1-4H3/q+1. The largest absolute Gasteiger partial charge is 0.402 e. The zero-order valence-electron chi connectivity index (χ0n) is 19.5. The smallest absolute Gasteiger partial charge is 0.369 e. The summed E-state index contributed by atoms with van der Waals surface area (Å²) in [5.41, 5.74) is 3.11. The van der Waals surface area contributed by atoms with Crippen LogP contribution in [0.5, 0.6) is 0 Å². The fourth-order valence-electron chi connectivity index (χ4n) is 4.97. The Morgan fingerprint density at radius 2 is 1.70 bits per heavy atom. The molecule has 0 spiro atoms. The van der Waals surface area contributed by atoms with Crippen molar-refractivity contribution in [1.29, 1.82) is 0 Å². The number of hydrogen-bond acceptors (Lipinski definition) is 5. The van der Waals surface area contributed by atoms with Crippen LogP contribution in [0.1, 0.15) is 17.4 Å². The molecule has 3 aliphatic heterocycles. The molecular formula is C23H29FN7O2+. The summed E-state index contributed by atoms with van der Waals surface area (Å²) in [5.74, 6) is 0.742. The molecule has 0 saturated carbocycles. The monoisotopic (exact) mass is 454 g/mol. The van der Waals surface area contributed by atoms with Crippen LogP contribution in [0.4, 0.5) is 20.8 Å². The van der Waals surface area contributed by atoms with E-state index in [9.17, 15) is 14.0 Å². The van der Waals surface area contributed by atoms with Gasteiger partial charge < -0.3 is 4.90 Å². The number of imide groups is 1. The van der Waals surface area contributed by atoms with Gasteiger partial charge in [-0.25, -0.2) is 18.3 Å². The normalized spacial score (nSPS) is 20.9. The maximum Gasteiger partial charge on any atom is 0.402 e. The number of aliphatic imine (C=N–C) groups is 1. The van der Waals surface area contributed by atoms with E-state index in [1.807, 2.05) is 30.5 Å². The van der Waals surface area contributed by atoms with Gasteiger partial charge in [-0.1, -0.05) is 4.99 Å². The number of anilines is 1. The number of hydrogen-bond donors (Lipinski definition) is 0. The molecule has 0 aliphatic carbocycles. The molecule has 4 heterocycles. The summed E-state index contributed by atoms with van der Waals surface area (Å²) >= 11 is 0. The van der Waals surface area contributed by atoms with E-state index in [-0.39, 0.29) is 17.8 Å². The number of halogens is 1. The van der Waals surface area contributed by atoms with Gasteiger partial charge in [-0.3, -0.25) is 19.5 Å². The van der Waals surface area contributed by atoms with E-state index in [0.29, 0.717) is 5.84 Å². The van der Waals surface area contributed by atoms with Crippen LogP contribution in [0, 0.1) is 19.7 Å². The van der Waals surface area contributed by atoms with Gasteiger partial charge in [0.05, 0.1) is 6.54 Å². The van der Waals surface area contributed by atoms with E-state index >= 15 is 0 Å². The maximum absolute atomic E-state index is 13.2. The quantitative estimate of drug-likeness (QED) is 0.656. The Morgan fingerprint density at radius 1 is 1.03 bits per heavy atom. The molecule has 1 aromatic heterocycles. The molecule has 33 heavy (non-hydrogen) atoms. The van der Waals surface area contributed by atoms with Crippen LogP contribution >= 0.6 is 0 Å². The molecule has 174 valence electrons. The number of amidine groups is 1. The fraction of sp³-hybridized carbons (Fsp3) is 0.478. The summed E-state index contributed by atoms with van der Waals surface area (Å²) in [7, 11) is 3.18. The maximum atomic E-state index is 13.2. The van der Waals surface area contributed by atoms with Crippen molar-refractivity contribution >= 4 is 29.4 Å². The molecular weight excluding hydrogens is 425 g/mol. The molecule has 0 radical (unpaired) electrons. The zero-order valence-corrected chi connectivity index (χ0v) is 19.5. The summed E-state index contributed by atoms with van der Waals surface area (Å²) in [6.45, 7) is 9.27. The van der Waals surface area contributed by atoms with E-state index < -0.39 is 6.04 Å². The molecule has 10 heteroatoms. The average molecular weight is 455 g/mol. The predicted octanol–water partition coefficient (Wildman–Crippen LogP) is 1.46. The average Bonchev–Trinajstić information content (AvgIpc) is 3.31. The number of benzene rings is 1. The number of carbonyl (C=O) groups is 2. The lowest BCUT2D eigenvalue weighted by Crippen LogP contribution is -2.56. The second kappa shape index (κ2) is 7.95. The van der Waals surface area contributed by atoms with Gasteiger partial charge in [0.1, 0.15) is 17.2 Å². The summed E-state index contributed by atoms with van der Waals surface area (Å²) in [6.07, 6.45) is 0. The Labute approximate surface area is 192 Å². The minimum atomic E-state index is -0.591. The Kier molecular flexibility index (Phi) is 5.19. The minimum Gasteiger partial charge on any atom is -0.369 e. The van der Waals surface area contributed by atoms with Crippen molar-refractivity contribution < 1.29 is 18.5 Å². The van der Waals surface area contributed by atoms with E-state index in [4.69, 9.17) is 4.99 Å². The molecule has 1 aromatic carbocycles. The number of fused-ring (bicyclic) bond motifs is 3. The molecule has 3 amide bonds. The third-order valence-electron chi connectivity index (χ3n) is 7.15. The van der Waals surface area contributed by atoms with Crippen molar-refractivity contribution in [1.82, 2.24) is 19.3 Å². The topological polar surface area (TPSA) is 68.3 Å². The Balaban J connectivity index is 1.30. The number of likely N-dealkylation sites (N-methyl/N-ethyl adjacent to an activating group) is 2. The molecule has 2 saturated heterocycles. The van der Waals surface area contributed by atoms with Crippen LogP contribution in [0.3, 0.4) is 0 Å². The Morgan fingerprint density at radius 3 is 2.36 bits per heavy atom. The first-order chi connectivity index (χ1) is 15.8. The zero-order chi connectivity index (χ0) is 23.4. The van der Waals surface area contributed by atoms with Crippen LogP contribution in [0.2, 0.25) is 0 Å². The van der Waals surface area contributed by atoms with Crippen LogP contribution in [-0.4, -0.2) is 83.9 Å². The van der Waals surface area contributed by atoms with Gasteiger partial charge in [-0.05, 0) is 38.1 Å². The number of imidazole rings is 1. The Bertz CT molecular complexity index is 1150. The first-order valence-corrected chi connectivity index (χ1v) is 11.3. The van der Waals surface area contributed by atoms with Gasteiger partial charge in [0.2, 0.25) is 11.9 Å². The molecule has 3 aliphatic rings. The summed E-state index contributed by atoms with van der Waals surface area (Å²) < 4.78 is 17.3. The third-order valence-corrected chi connectivity index (χ3v) is 7.15. The van der Waals surface area contributed by atoms with Gasteiger partial charge in [-0.2, -0.15) is 0 Å². The van der Waals surface area contributed by atoms with Crippen molar-refractivity contribution in [3.05, 3.63) is 41.5 Å². The number of amides is 3. The molecule has 0 N–H and O–H groups in total. The van der Waals surface area contributed by atoms with Gasteiger partial charge >= 0.3 is 12.0 Å². The molecule has 2 aromatic rings. The third kappa shape index (κ3) is 3.40. The van der Waals surface area contributed by atoms with Gasteiger partial charge in [0.15, 0.2) is 0 Å². The lowest BCUT2D eigenvalue weighted by Gasteiger charge is -2.35. The highest BCUT2D eigenvalue weighted by Gasteiger charge is 2.53. The summed E-state index contributed by atoms with van der Waals surface area (Å²) in [4.78, 5) is 37.3. The lowest BCUT2D eigenvalue weighted by atomic mass is 10.1. The van der Waals surface area contributed by atoms with Gasteiger partial charge in [0, 0.05) is 52.5 Å². The number of rotatable bonds is 4. The van der Waals surface area contributed by atoms with Crippen molar-refractivity contribution in [2.45, 2.75) is 26.4 Å². The van der Waals surface area contributed by atoms with Crippen LogP contribution in [0.25, 0.3) is 0 Å². The minimum absolute atomic E-state index is 0.215. The second-order valence-electron chi connectivity index (χ2n) is 8.91. The molecule has 5 rings (SSSR count). The second-order valence-corrected chi connectivity index (χ2v) is 8.91. The van der Waals surface area contributed by atoms with Crippen LogP contribution in [0.15, 0.2) is 29.3 Å². The van der Waals surface area contributed by atoms with Crippen molar-refractivity contribution in [2.75, 3.05) is 51.7 Å². The van der Waals surface area contributed by atoms with Gasteiger partial charge in [-0.15, -0.1) is 0 Å². The van der Waals surface area contributed by atoms with E-state index in [2.05, 4.69) is 14.4 Å². The molecule has 9 nitrogen and oxygen atoms in total. The first-order valence-electron chi connectivity index (χ1n) is 11.3. The molecule has 1 atom stereocenters. The number of urea groups is 1. The van der Waals surface area contributed by atoms with Crippen LogP contribution in [-0.2, 0) is 11.3 Å². The Hall–Kier alpha value is -3.27. The summed E-state index contributed by atoms with van der Waals surface area (Å²) in [6, 6.07) is 5.72. The lowest BCUT2D eigenvalue weighted by molar-refractivity contribution is -0.688. The predicted molar refractivity (Wildman–Crippen MR) is 121 cm³/mol. The SMILES string of the molecule is Cc1c(C)[n+](CCN2CCN(c3ccc(F)cc3)CC2)c2n1C1C(=O)N(C)C(=O)N(C)C1=N2. The molecule has 0 bridgehead atoms. The van der Waals surface area contributed by atoms with Crippen LogP contribution < -0.4 is 9.47 Å². The van der Waals surface area contributed by atoms with E-state index in [1.54, 1.807) is 7.05 Å². The van der Waals surface area contributed by atoms with E-state index in [0.717, 1.165) is 62.3 Å². The fourth-order valence-corrected chi connectivity index (χ4v) is 4.97. The van der Waals surface area contributed by atoms with Crippen molar-refractivity contribution in [2.24, 2.45) is 4.99 Å². The molecule has 2 fully saturated rings. The summed E-state index contributed by atoms with van der Waals surface area (Å²) in [5, 5.41) is 0. The van der Waals surface area contributed by atoms with E-state index in [1.165, 1.54) is 29.0 Å². The van der Waals surface area contributed by atoms with Gasteiger partial charge in [0.25, 0.3) is 5.91 Å². The van der Waals surface area contributed by atoms with Crippen molar-refractivity contribution in [3.8, 4) is 0 Å². The number of nitrogens with zero attached hydrogens (tertiary/aromatic N) is 7. The highest BCUT2D eigenvalue weighted by Crippen LogP contribution is 2.34. The number of piperazine rings is 1. The number of carbonyl (C=O) groups excluding carboxylic acids is 2. The highest BCUT2D eigenvalue weighted by atomic mass is 19.1. The highest BCUT2D eigenvalue weighted by molar-refractivity contribution is 6.20. The molecule has 1 unspecified atom stereocenters.